The van der Waals surface area contributed by atoms with E-state index in [1.54, 1.807) is 0 Å². The maximum absolute atomic E-state index is 12.8. The first-order chi connectivity index (χ1) is 5.47. The van der Waals surface area contributed by atoms with Gasteiger partial charge in [0.25, 0.3) is 0 Å². The van der Waals surface area contributed by atoms with Gasteiger partial charge in [0.05, 0.1) is 6.54 Å². The van der Waals surface area contributed by atoms with Crippen molar-refractivity contribution in [3.63, 3.8) is 0 Å². The Morgan fingerprint density at radius 2 is 2.17 bits per heavy atom. The van der Waals surface area contributed by atoms with Crippen LogP contribution < -0.4 is 11.5 Å². The van der Waals surface area contributed by atoms with Crippen molar-refractivity contribution < 1.29 is 8.78 Å². The minimum absolute atomic E-state index is 0.0573. The van der Waals surface area contributed by atoms with Crippen LogP contribution in [0.2, 0.25) is 0 Å². The molecule has 1 aromatic rings. The highest BCUT2D eigenvalue weighted by Crippen LogP contribution is 2.23. The number of anilines is 1. The highest BCUT2D eigenvalue weighted by molar-refractivity contribution is 5.17. The summed E-state index contributed by atoms with van der Waals surface area (Å²) < 4.78 is 26.6. The molecule has 68 valence electrons. The molecule has 0 atom stereocenters. The smallest absolute Gasteiger partial charge is 0.320 e. The van der Waals surface area contributed by atoms with Crippen LogP contribution in [-0.4, -0.2) is 21.3 Å². The fourth-order valence-corrected chi connectivity index (χ4v) is 0.643. The molecule has 4 N–H and O–H groups in total. The lowest BCUT2D eigenvalue weighted by Crippen LogP contribution is -2.26. The first kappa shape index (κ1) is 8.85. The van der Waals surface area contributed by atoms with Crippen LogP contribution in [0.5, 0.6) is 0 Å². The first-order valence-electron chi connectivity index (χ1n) is 3.22. The lowest BCUT2D eigenvalue weighted by atomic mass is 10.3. The minimum Gasteiger partial charge on any atom is -0.368 e. The van der Waals surface area contributed by atoms with E-state index in [0.717, 1.165) is 4.68 Å². The summed E-state index contributed by atoms with van der Waals surface area (Å²) in [6.07, 6.45) is 0. The Morgan fingerprint density at radius 1 is 1.58 bits per heavy atom. The van der Waals surface area contributed by atoms with Gasteiger partial charge in [0, 0.05) is 7.05 Å². The van der Waals surface area contributed by atoms with Crippen LogP contribution in [0.1, 0.15) is 5.82 Å². The molecular weight excluding hydrogens is 168 g/mol. The molecule has 0 spiro atoms. The van der Waals surface area contributed by atoms with Crippen molar-refractivity contribution >= 4 is 5.95 Å². The molecule has 0 unspecified atom stereocenters. The molecule has 0 saturated heterocycles. The number of halogens is 2. The molecule has 0 bridgehead atoms. The van der Waals surface area contributed by atoms with E-state index in [4.69, 9.17) is 11.5 Å². The number of nitrogen functional groups attached to an aromatic ring is 1. The Balaban J connectivity index is 3.04. The SMILES string of the molecule is Cn1nc(C(F)(F)CN)nc1N. The van der Waals surface area contributed by atoms with Crippen molar-refractivity contribution in [2.24, 2.45) is 12.8 Å². The number of aryl methyl sites for hydroxylation is 1. The maximum Gasteiger partial charge on any atom is 0.320 e. The van der Waals surface area contributed by atoms with Crippen LogP contribution in [0.3, 0.4) is 0 Å². The van der Waals surface area contributed by atoms with E-state index in [0.29, 0.717) is 0 Å². The van der Waals surface area contributed by atoms with Gasteiger partial charge in [-0.15, -0.1) is 5.10 Å². The van der Waals surface area contributed by atoms with Gasteiger partial charge in [-0.1, -0.05) is 0 Å². The average Bonchev–Trinajstić information content (AvgIpc) is 2.33. The number of alkyl halides is 2. The third kappa shape index (κ3) is 1.35. The Bertz CT molecular complexity index is 262. The Labute approximate surface area is 67.4 Å². The zero-order chi connectivity index (χ0) is 9.35. The van der Waals surface area contributed by atoms with E-state index in [1.807, 2.05) is 0 Å². The van der Waals surface area contributed by atoms with E-state index >= 15 is 0 Å². The highest BCUT2D eigenvalue weighted by atomic mass is 19.3. The van der Waals surface area contributed by atoms with Crippen LogP contribution in [-0.2, 0) is 13.0 Å². The molecule has 0 aliphatic heterocycles. The van der Waals surface area contributed by atoms with Gasteiger partial charge < -0.3 is 11.5 Å². The third-order valence-corrected chi connectivity index (χ3v) is 1.38. The Hall–Kier alpha value is -1.24. The molecule has 1 aromatic heterocycles. The molecule has 1 heterocycles. The van der Waals surface area contributed by atoms with Crippen molar-refractivity contribution in [2.45, 2.75) is 5.92 Å². The normalized spacial score (nSPS) is 12.0. The van der Waals surface area contributed by atoms with Gasteiger partial charge in [-0.2, -0.15) is 13.8 Å². The van der Waals surface area contributed by atoms with Gasteiger partial charge in [0.2, 0.25) is 11.8 Å². The van der Waals surface area contributed by atoms with Gasteiger partial charge in [0.1, 0.15) is 0 Å². The second kappa shape index (κ2) is 2.67. The number of nitrogens with two attached hydrogens (primary N) is 2. The van der Waals surface area contributed by atoms with Gasteiger partial charge in [-0.05, 0) is 0 Å². The summed E-state index contributed by atoms with van der Waals surface area (Å²) in [7, 11) is 1.43. The number of aromatic nitrogens is 3. The van der Waals surface area contributed by atoms with Crippen LogP contribution >= 0.6 is 0 Å². The van der Waals surface area contributed by atoms with Crippen LogP contribution in [0.25, 0.3) is 0 Å². The molecule has 7 heteroatoms. The monoisotopic (exact) mass is 177 g/mol. The Kier molecular flexibility index (Phi) is 1.97. The van der Waals surface area contributed by atoms with Crippen molar-refractivity contribution in [1.82, 2.24) is 14.8 Å². The Morgan fingerprint density at radius 3 is 2.50 bits per heavy atom. The number of hydrogen-bond acceptors (Lipinski definition) is 4. The molecule has 0 aliphatic carbocycles. The lowest BCUT2D eigenvalue weighted by Gasteiger charge is -2.07. The molecular formula is C5H9F2N5. The van der Waals surface area contributed by atoms with Gasteiger partial charge in [-0.3, -0.25) is 0 Å². The fourth-order valence-electron chi connectivity index (χ4n) is 0.643. The minimum atomic E-state index is -3.20. The molecule has 0 aliphatic rings. The molecule has 12 heavy (non-hydrogen) atoms. The van der Waals surface area contributed by atoms with E-state index < -0.39 is 18.3 Å². The van der Waals surface area contributed by atoms with E-state index in [2.05, 4.69) is 10.1 Å². The summed E-state index contributed by atoms with van der Waals surface area (Å²) in [6.45, 7) is -0.823. The molecule has 0 radical (unpaired) electrons. The molecule has 1 rings (SSSR count). The van der Waals surface area contributed by atoms with E-state index in [1.165, 1.54) is 7.05 Å². The number of rotatable bonds is 2. The largest absolute Gasteiger partial charge is 0.368 e. The standard InChI is InChI=1S/C5H9F2N5/c1-12-4(9)10-3(11-12)5(6,7)2-8/h2,8H2,1H3,(H2,9,10,11). The molecule has 0 amide bonds. The second-order valence-electron chi connectivity index (χ2n) is 2.33. The van der Waals surface area contributed by atoms with Crippen molar-refractivity contribution in [3.05, 3.63) is 5.82 Å². The van der Waals surface area contributed by atoms with Crippen LogP contribution in [0.15, 0.2) is 0 Å². The van der Waals surface area contributed by atoms with Gasteiger partial charge >= 0.3 is 5.92 Å². The first-order valence-corrected chi connectivity index (χ1v) is 3.22. The van der Waals surface area contributed by atoms with Gasteiger partial charge in [-0.25, -0.2) is 4.68 Å². The summed E-state index contributed by atoms with van der Waals surface area (Å²) in [5, 5.41) is 3.40. The quantitative estimate of drug-likeness (QED) is 0.634. The molecule has 0 aromatic carbocycles. The van der Waals surface area contributed by atoms with E-state index in [9.17, 15) is 8.78 Å². The number of hydrogen-bond donors (Lipinski definition) is 2. The highest BCUT2D eigenvalue weighted by Gasteiger charge is 2.34. The summed E-state index contributed by atoms with van der Waals surface area (Å²) in [5.41, 5.74) is 10.0. The molecule has 5 nitrogen and oxygen atoms in total. The van der Waals surface area contributed by atoms with Crippen molar-refractivity contribution in [1.29, 1.82) is 0 Å². The van der Waals surface area contributed by atoms with Crippen LogP contribution in [0, 0.1) is 0 Å². The van der Waals surface area contributed by atoms with Gasteiger partial charge in [0.15, 0.2) is 0 Å². The van der Waals surface area contributed by atoms with E-state index in [-0.39, 0.29) is 5.95 Å². The predicted octanol–water partition coefficient (Wildman–Crippen LogP) is -0.552. The summed E-state index contributed by atoms with van der Waals surface area (Å²) in [6, 6.07) is 0. The molecule has 0 fully saturated rings. The topological polar surface area (TPSA) is 82.8 Å². The van der Waals surface area contributed by atoms with Crippen molar-refractivity contribution in [2.75, 3.05) is 12.3 Å². The molecule has 0 saturated carbocycles. The summed E-state index contributed by atoms with van der Waals surface area (Å²) in [4.78, 5) is 3.35. The third-order valence-electron chi connectivity index (χ3n) is 1.38. The lowest BCUT2D eigenvalue weighted by molar-refractivity contribution is -0.00351. The summed E-state index contributed by atoms with van der Waals surface area (Å²) in [5.74, 6) is -3.89. The number of nitrogens with zero attached hydrogens (tertiary/aromatic N) is 3. The summed E-state index contributed by atoms with van der Waals surface area (Å²) >= 11 is 0. The predicted molar refractivity (Wildman–Crippen MR) is 38.4 cm³/mol. The average molecular weight is 177 g/mol. The zero-order valence-corrected chi connectivity index (χ0v) is 6.46. The second-order valence-corrected chi connectivity index (χ2v) is 2.33. The fraction of sp³-hybridized carbons (Fsp3) is 0.600. The zero-order valence-electron chi connectivity index (χ0n) is 6.46. The maximum atomic E-state index is 12.8. The van der Waals surface area contributed by atoms with Crippen LogP contribution in [0.4, 0.5) is 14.7 Å². The van der Waals surface area contributed by atoms with Crippen molar-refractivity contribution in [3.8, 4) is 0 Å².